The zero-order valence-electron chi connectivity index (χ0n) is 11.7. The number of rotatable bonds is 6. The summed E-state index contributed by atoms with van der Waals surface area (Å²) in [7, 11) is 0. The van der Waals surface area contributed by atoms with Gasteiger partial charge in [0.15, 0.2) is 0 Å². The molecule has 0 radical (unpaired) electrons. The molecular weight excluding hydrogens is 238 g/mol. The number of carbonyl (C=O) groups is 1. The topological polar surface area (TPSA) is 29.5 Å². The van der Waals surface area contributed by atoms with Crippen molar-refractivity contribution >= 4 is 5.97 Å². The normalized spacial score (nSPS) is 19.5. The van der Waals surface area contributed by atoms with Crippen molar-refractivity contribution in [2.75, 3.05) is 13.2 Å². The number of hydrogen-bond donors (Lipinski definition) is 0. The Morgan fingerprint density at radius 2 is 2.16 bits per heavy atom. The summed E-state index contributed by atoms with van der Waals surface area (Å²) in [5.74, 6) is -0.0399. The van der Waals surface area contributed by atoms with Crippen molar-refractivity contribution in [3.63, 3.8) is 0 Å². The highest BCUT2D eigenvalue weighted by Crippen LogP contribution is 2.21. The Balaban J connectivity index is 1.88. The molecule has 1 fully saturated rings. The molecule has 19 heavy (non-hydrogen) atoms. The summed E-state index contributed by atoms with van der Waals surface area (Å²) in [4.78, 5) is 14.3. The van der Waals surface area contributed by atoms with E-state index in [2.05, 4.69) is 24.0 Å². The van der Waals surface area contributed by atoms with Gasteiger partial charge < -0.3 is 4.74 Å². The van der Waals surface area contributed by atoms with Crippen LogP contribution in [0.15, 0.2) is 30.3 Å². The summed E-state index contributed by atoms with van der Waals surface area (Å²) in [6, 6.07) is 10.3. The van der Waals surface area contributed by atoms with Crippen LogP contribution in [0.25, 0.3) is 0 Å². The molecule has 3 nitrogen and oxygen atoms in total. The molecule has 1 atom stereocenters. The number of carbonyl (C=O) groups excluding carboxylic acids is 1. The summed E-state index contributed by atoms with van der Waals surface area (Å²) >= 11 is 0. The summed E-state index contributed by atoms with van der Waals surface area (Å²) in [6.45, 7) is 4.49. The van der Waals surface area contributed by atoms with Gasteiger partial charge >= 0.3 is 5.97 Å². The highest BCUT2D eigenvalue weighted by atomic mass is 16.5. The maximum Gasteiger partial charge on any atom is 0.323 e. The van der Waals surface area contributed by atoms with E-state index in [0.29, 0.717) is 6.61 Å². The van der Waals surface area contributed by atoms with Crippen LogP contribution in [-0.4, -0.2) is 30.1 Å². The van der Waals surface area contributed by atoms with Gasteiger partial charge in [-0.2, -0.15) is 0 Å². The van der Waals surface area contributed by atoms with Crippen molar-refractivity contribution in [2.24, 2.45) is 0 Å². The van der Waals surface area contributed by atoms with Crippen LogP contribution in [0.1, 0.15) is 38.2 Å². The van der Waals surface area contributed by atoms with Gasteiger partial charge in [0.05, 0.1) is 6.61 Å². The number of ether oxygens (including phenoxy) is 1. The molecule has 0 N–H and O–H groups in total. The minimum absolute atomic E-state index is 0.0399. The molecule has 1 aromatic carbocycles. The Labute approximate surface area is 115 Å². The molecule has 1 aliphatic rings. The van der Waals surface area contributed by atoms with Crippen LogP contribution in [0.5, 0.6) is 0 Å². The molecule has 1 saturated heterocycles. The van der Waals surface area contributed by atoms with Crippen molar-refractivity contribution in [1.29, 1.82) is 0 Å². The van der Waals surface area contributed by atoms with E-state index in [1.807, 2.05) is 18.2 Å². The SMILES string of the molecule is CCCCOC(=O)C1CCCN1Cc1ccccc1. The van der Waals surface area contributed by atoms with Crippen LogP contribution in [0, 0.1) is 0 Å². The summed E-state index contributed by atoms with van der Waals surface area (Å²) in [5.41, 5.74) is 1.26. The highest BCUT2D eigenvalue weighted by Gasteiger charge is 2.31. The minimum atomic E-state index is -0.0444. The second-order valence-electron chi connectivity index (χ2n) is 5.14. The molecule has 1 unspecified atom stereocenters. The number of esters is 1. The van der Waals surface area contributed by atoms with Crippen LogP contribution < -0.4 is 0 Å². The number of benzene rings is 1. The molecule has 0 amide bonds. The summed E-state index contributed by atoms with van der Waals surface area (Å²) in [5, 5.41) is 0. The van der Waals surface area contributed by atoms with Gasteiger partial charge in [-0.05, 0) is 31.4 Å². The second-order valence-corrected chi connectivity index (χ2v) is 5.14. The van der Waals surface area contributed by atoms with Crippen LogP contribution in [0.2, 0.25) is 0 Å². The molecule has 3 heteroatoms. The Kier molecular flexibility index (Phi) is 5.40. The third-order valence-electron chi connectivity index (χ3n) is 3.61. The van der Waals surface area contributed by atoms with E-state index in [4.69, 9.17) is 4.74 Å². The van der Waals surface area contributed by atoms with Gasteiger partial charge in [-0.15, -0.1) is 0 Å². The van der Waals surface area contributed by atoms with Crippen LogP contribution >= 0.6 is 0 Å². The molecule has 1 heterocycles. The smallest absolute Gasteiger partial charge is 0.323 e. The summed E-state index contributed by atoms with van der Waals surface area (Å²) < 4.78 is 5.35. The van der Waals surface area contributed by atoms with Gasteiger partial charge in [-0.1, -0.05) is 43.7 Å². The number of unbranched alkanes of at least 4 members (excludes halogenated alkanes) is 1. The molecule has 2 rings (SSSR count). The van der Waals surface area contributed by atoms with E-state index in [1.54, 1.807) is 0 Å². The van der Waals surface area contributed by atoms with Crippen molar-refractivity contribution in [3.8, 4) is 0 Å². The fourth-order valence-corrected chi connectivity index (χ4v) is 2.51. The van der Waals surface area contributed by atoms with Crippen LogP contribution in [0.4, 0.5) is 0 Å². The lowest BCUT2D eigenvalue weighted by atomic mass is 10.2. The maximum atomic E-state index is 12.1. The van der Waals surface area contributed by atoms with Crippen LogP contribution in [-0.2, 0) is 16.1 Å². The zero-order valence-corrected chi connectivity index (χ0v) is 11.7. The first-order valence-electron chi connectivity index (χ1n) is 7.26. The summed E-state index contributed by atoms with van der Waals surface area (Å²) in [6.07, 6.45) is 4.03. The van der Waals surface area contributed by atoms with Crippen molar-refractivity contribution < 1.29 is 9.53 Å². The number of nitrogens with zero attached hydrogens (tertiary/aromatic N) is 1. The molecule has 0 spiro atoms. The van der Waals surface area contributed by atoms with Crippen LogP contribution in [0.3, 0.4) is 0 Å². The fourth-order valence-electron chi connectivity index (χ4n) is 2.51. The number of likely N-dealkylation sites (tertiary alicyclic amines) is 1. The lowest BCUT2D eigenvalue weighted by Gasteiger charge is -2.23. The zero-order chi connectivity index (χ0) is 13.5. The van der Waals surface area contributed by atoms with E-state index in [0.717, 1.165) is 38.8 Å². The van der Waals surface area contributed by atoms with Gasteiger partial charge in [0.1, 0.15) is 6.04 Å². The predicted octanol–water partition coefficient (Wildman–Crippen LogP) is 2.99. The standard InChI is InChI=1S/C16H23NO2/c1-2-3-12-19-16(18)15-10-7-11-17(15)13-14-8-5-4-6-9-14/h4-6,8-9,15H,2-3,7,10-13H2,1H3. The largest absolute Gasteiger partial charge is 0.465 e. The Hall–Kier alpha value is -1.35. The Morgan fingerprint density at radius 1 is 1.37 bits per heavy atom. The van der Waals surface area contributed by atoms with Gasteiger partial charge in [0, 0.05) is 6.54 Å². The van der Waals surface area contributed by atoms with E-state index in [9.17, 15) is 4.79 Å². The highest BCUT2D eigenvalue weighted by molar-refractivity contribution is 5.76. The molecular formula is C16H23NO2. The first kappa shape index (κ1) is 14.1. The maximum absolute atomic E-state index is 12.1. The van der Waals surface area contributed by atoms with Crippen molar-refractivity contribution in [1.82, 2.24) is 4.90 Å². The van der Waals surface area contributed by atoms with E-state index in [1.165, 1.54) is 5.56 Å². The molecule has 104 valence electrons. The van der Waals surface area contributed by atoms with Gasteiger partial charge in [0.25, 0.3) is 0 Å². The lowest BCUT2D eigenvalue weighted by molar-refractivity contribution is -0.149. The monoisotopic (exact) mass is 261 g/mol. The fraction of sp³-hybridized carbons (Fsp3) is 0.562. The Morgan fingerprint density at radius 3 is 2.89 bits per heavy atom. The first-order chi connectivity index (χ1) is 9.31. The first-order valence-corrected chi connectivity index (χ1v) is 7.26. The molecule has 0 aromatic heterocycles. The second kappa shape index (κ2) is 7.29. The van der Waals surface area contributed by atoms with Gasteiger partial charge in [-0.25, -0.2) is 0 Å². The predicted molar refractivity (Wildman–Crippen MR) is 75.7 cm³/mol. The quantitative estimate of drug-likeness (QED) is 0.582. The van der Waals surface area contributed by atoms with Gasteiger partial charge in [-0.3, -0.25) is 9.69 Å². The average molecular weight is 261 g/mol. The third kappa shape index (κ3) is 4.06. The molecule has 0 aliphatic carbocycles. The number of hydrogen-bond acceptors (Lipinski definition) is 3. The minimum Gasteiger partial charge on any atom is -0.465 e. The molecule has 1 aromatic rings. The van der Waals surface area contributed by atoms with E-state index in [-0.39, 0.29) is 12.0 Å². The van der Waals surface area contributed by atoms with Gasteiger partial charge in [0.2, 0.25) is 0 Å². The average Bonchev–Trinajstić information content (AvgIpc) is 2.88. The lowest BCUT2D eigenvalue weighted by Crippen LogP contribution is -2.36. The third-order valence-corrected chi connectivity index (χ3v) is 3.61. The molecule has 0 bridgehead atoms. The van der Waals surface area contributed by atoms with Crippen molar-refractivity contribution in [2.45, 2.75) is 45.2 Å². The molecule has 1 aliphatic heterocycles. The van der Waals surface area contributed by atoms with Crippen molar-refractivity contribution in [3.05, 3.63) is 35.9 Å². The Bertz CT molecular complexity index is 391. The molecule has 0 saturated carbocycles. The van der Waals surface area contributed by atoms with E-state index >= 15 is 0 Å². The van der Waals surface area contributed by atoms with E-state index < -0.39 is 0 Å².